The highest BCUT2D eigenvalue weighted by Crippen LogP contribution is 2.26. The Labute approximate surface area is 222 Å². The van der Waals surface area contributed by atoms with Gasteiger partial charge in [0.2, 0.25) is 5.91 Å². The molecule has 1 amide bonds. The van der Waals surface area contributed by atoms with E-state index in [1.165, 1.54) is 35.5 Å². The van der Waals surface area contributed by atoms with Crippen molar-refractivity contribution < 1.29 is 9.18 Å². The largest absolute Gasteiger partial charge is 0.342 e. The number of thioether (sulfide) groups is 1. The van der Waals surface area contributed by atoms with Crippen molar-refractivity contribution in [3.05, 3.63) is 104 Å². The fourth-order valence-electron chi connectivity index (χ4n) is 4.69. The number of aromatic amines is 2. The number of H-pyrrole nitrogens is 2. The lowest BCUT2D eigenvalue weighted by molar-refractivity contribution is -0.129. The van der Waals surface area contributed by atoms with Gasteiger partial charge in [-0.2, -0.15) is 0 Å². The predicted octanol–water partition coefficient (Wildman–Crippen LogP) is 2.95. The second-order valence-corrected chi connectivity index (χ2v) is 10.2. The number of nitrogens with zero attached hydrogens (tertiary/aromatic N) is 4. The van der Waals surface area contributed by atoms with Gasteiger partial charge in [-0.25, -0.2) is 9.18 Å². The van der Waals surface area contributed by atoms with Crippen molar-refractivity contribution in [2.75, 3.05) is 18.8 Å². The van der Waals surface area contributed by atoms with Gasteiger partial charge in [0, 0.05) is 37.0 Å². The van der Waals surface area contributed by atoms with Crippen LogP contribution in [0.3, 0.4) is 0 Å². The molecule has 0 atom stereocenters. The third-order valence-corrected chi connectivity index (χ3v) is 7.52. The van der Waals surface area contributed by atoms with Gasteiger partial charge in [-0.3, -0.25) is 19.1 Å². The molecule has 5 rings (SSSR count). The zero-order valence-corrected chi connectivity index (χ0v) is 21.4. The third-order valence-electron chi connectivity index (χ3n) is 6.61. The first-order valence-corrected chi connectivity index (χ1v) is 13.4. The van der Waals surface area contributed by atoms with Gasteiger partial charge in [-0.15, -0.1) is 10.2 Å². The number of hydrogen-bond donors (Lipinski definition) is 2. The molecule has 1 saturated heterocycles. The highest BCUT2D eigenvalue weighted by molar-refractivity contribution is 7.99. The van der Waals surface area contributed by atoms with Crippen LogP contribution in [0, 0.1) is 11.7 Å². The molecule has 1 aliphatic heterocycles. The van der Waals surface area contributed by atoms with Crippen LogP contribution in [0.1, 0.15) is 29.9 Å². The van der Waals surface area contributed by atoms with Gasteiger partial charge in [0.05, 0.1) is 5.75 Å². The van der Waals surface area contributed by atoms with Crippen molar-refractivity contribution >= 4 is 17.7 Å². The molecule has 2 N–H and O–H groups in total. The monoisotopic (exact) mass is 534 g/mol. The maximum atomic E-state index is 13.6. The smallest absolute Gasteiger partial charge is 0.325 e. The quantitative estimate of drug-likeness (QED) is 0.336. The lowest BCUT2D eigenvalue weighted by atomic mass is 9.90. The fourth-order valence-corrected chi connectivity index (χ4v) is 5.57. The molecule has 2 aromatic heterocycles. The minimum absolute atomic E-state index is 0.0299. The predicted molar refractivity (Wildman–Crippen MR) is 142 cm³/mol. The van der Waals surface area contributed by atoms with E-state index >= 15 is 0 Å². The zero-order chi connectivity index (χ0) is 26.5. The summed E-state index contributed by atoms with van der Waals surface area (Å²) < 4.78 is 15.3. The molecule has 196 valence electrons. The Morgan fingerprint density at radius 1 is 1.00 bits per heavy atom. The van der Waals surface area contributed by atoms with Gasteiger partial charge in [-0.1, -0.05) is 42.1 Å². The van der Waals surface area contributed by atoms with E-state index in [2.05, 4.69) is 44.4 Å². The Balaban J connectivity index is 1.27. The van der Waals surface area contributed by atoms with Crippen LogP contribution in [-0.4, -0.2) is 54.4 Å². The van der Waals surface area contributed by atoms with Crippen molar-refractivity contribution in [3.63, 3.8) is 0 Å². The van der Waals surface area contributed by atoms with E-state index in [0.29, 0.717) is 28.3 Å². The average molecular weight is 535 g/mol. The number of halogens is 1. The summed E-state index contributed by atoms with van der Waals surface area (Å²) in [5, 5.41) is 8.98. The van der Waals surface area contributed by atoms with Crippen molar-refractivity contribution in [2.24, 2.45) is 5.92 Å². The molecule has 1 fully saturated rings. The molecule has 0 bridgehead atoms. The Morgan fingerprint density at radius 2 is 1.74 bits per heavy atom. The summed E-state index contributed by atoms with van der Waals surface area (Å²) >= 11 is 1.25. The average Bonchev–Trinajstić information content (AvgIpc) is 3.30. The van der Waals surface area contributed by atoms with E-state index in [0.717, 1.165) is 32.4 Å². The fraction of sp³-hybridized carbons (Fsp3) is 0.296. The SMILES string of the molecule is O=C(CSc1nnc(Cc2cc(=O)[nH]c(=O)[nH]2)n1-c1ccc(F)cc1)N1CCC(Cc2ccccc2)CC1. The number of likely N-dealkylation sites (tertiary alicyclic amines) is 1. The van der Waals surface area contributed by atoms with Gasteiger partial charge in [-0.05, 0) is 55.0 Å². The number of benzene rings is 2. The summed E-state index contributed by atoms with van der Waals surface area (Å²) in [4.78, 5) is 43.1. The number of carbonyl (C=O) groups excluding carboxylic acids is 1. The summed E-state index contributed by atoms with van der Waals surface area (Å²) in [5.74, 6) is 0.832. The van der Waals surface area contributed by atoms with Gasteiger partial charge in [0.25, 0.3) is 5.56 Å². The first kappa shape index (κ1) is 25.7. The molecular weight excluding hydrogens is 507 g/mol. The molecule has 1 aliphatic rings. The number of carbonyl (C=O) groups is 1. The molecular formula is C27H27FN6O3S. The topological polar surface area (TPSA) is 117 Å². The molecule has 0 aliphatic carbocycles. The number of hydrogen-bond acceptors (Lipinski definition) is 6. The minimum Gasteiger partial charge on any atom is -0.342 e. The van der Waals surface area contributed by atoms with Gasteiger partial charge in [0.15, 0.2) is 5.16 Å². The highest BCUT2D eigenvalue weighted by atomic mass is 32.2. The third kappa shape index (κ3) is 6.28. The number of amides is 1. The van der Waals surface area contributed by atoms with Gasteiger partial charge >= 0.3 is 5.69 Å². The van der Waals surface area contributed by atoms with Crippen LogP contribution in [-0.2, 0) is 17.6 Å². The van der Waals surface area contributed by atoms with Gasteiger partial charge < -0.3 is 9.88 Å². The second kappa shape index (κ2) is 11.6. The van der Waals surface area contributed by atoms with Crippen molar-refractivity contribution in [3.8, 4) is 5.69 Å². The summed E-state index contributed by atoms with van der Waals surface area (Å²) in [5.41, 5.74) is 1.15. The van der Waals surface area contributed by atoms with Crippen LogP contribution < -0.4 is 11.2 Å². The molecule has 0 spiro atoms. The normalized spacial score (nSPS) is 14.1. The molecule has 0 saturated carbocycles. The minimum atomic E-state index is -0.618. The maximum absolute atomic E-state index is 13.6. The van der Waals surface area contributed by atoms with E-state index in [1.807, 2.05) is 11.0 Å². The second-order valence-electron chi connectivity index (χ2n) is 9.30. The summed E-state index contributed by atoms with van der Waals surface area (Å²) in [6.45, 7) is 1.45. The molecule has 9 nitrogen and oxygen atoms in total. The standard InChI is InChI=1S/C27H27FN6O3S/c28-20-6-8-22(9-7-20)34-23(15-21-16-24(35)30-26(37)29-21)31-32-27(34)38-17-25(36)33-12-10-19(11-13-33)14-18-4-2-1-3-5-18/h1-9,16,19H,10-15,17H2,(H2,29,30,35,37). The highest BCUT2D eigenvalue weighted by Gasteiger charge is 2.24. The Hall–Kier alpha value is -3.99. The van der Waals surface area contributed by atoms with E-state index in [1.54, 1.807) is 16.7 Å². The number of nitrogens with one attached hydrogen (secondary N) is 2. The molecule has 2 aromatic carbocycles. The molecule has 0 unspecified atom stereocenters. The van der Waals surface area contributed by atoms with Crippen LogP contribution in [0.2, 0.25) is 0 Å². The first-order valence-electron chi connectivity index (χ1n) is 12.4. The van der Waals surface area contributed by atoms with Crippen molar-refractivity contribution in [1.29, 1.82) is 0 Å². The van der Waals surface area contributed by atoms with Crippen LogP contribution in [0.25, 0.3) is 5.69 Å². The molecule has 38 heavy (non-hydrogen) atoms. The van der Waals surface area contributed by atoms with E-state index in [9.17, 15) is 18.8 Å². The molecule has 4 aromatic rings. The van der Waals surface area contributed by atoms with E-state index in [-0.39, 0.29) is 23.9 Å². The number of piperidine rings is 1. The van der Waals surface area contributed by atoms with Crippen LogP contribution >= 0.6 is 11.8 Å². The molecule has 11 heteroatoms. The first-order chi connectivity index (χ1) is 18.4. The van der Waals surface area contributed by atoms with E-state index < -0.39 is 11.2 Å². The molecule has 3 heterocycles. The van der Waals surface area contributed by atoms with Crippen molar-refractivity contribution in [1.82, 2.24) is 29.6 Å². The van der Waals surface area contributed by atoms with Crippen LogP contribution in [0.5, 0.6) is 0 Å². The summed E-state index contributed by atoms with van der Waals surface area (Å²) in [6.07, 6.45) is 3.08. The lowest BCUT2D eigenvalue weighted by Gasteiger charge is -2.32. The number of aromatic nitrogens is 5. The maximum Gasteiger partial charge on any atom is 0.325 e. The summed E-state index contributed by atoms with van der Waals surface area (Å²) in [7, 11) is 0. The lowest BCUT2D eigenvalue weighted by Crippen LogP contribution is -2.39. The summed E-state index contributed by atoms with van der Waals surface area (Å²) in [6, 6.07) is 17.5. The zero-order valence-electron chi connectivity index (χ0n) is 20.6. The Bertz CT molecular complexity index is 1480. The van der Waals surface area contributed by atoms with Crippen molar-refractivity contribution in [2.45, 2.75) is 30.8 Å². The Kier molecular flexibility index (Phi) is 7.83. The van der Waals surface area contributed by atoms with E-state index in [4.69, 9.17) is 0 Å². The van der Waals surface area contributed by atoms with Gasteiger partial charge in [0.1, 0.15) is 11.6 Å². The molecule has 0 radical (unpaired) electrons. The number of rotatable bonds is 8. The Morgan fingerprint density at radius 3 is 2.45 bits per heavy atom. The van der Waals surface area contributed by atoms with Crippen LogP contribution in [0.4, 0.5) is 4.39 Å². The van der Waals surface area contributed by atoms with Crippen LogP contribution in [0.15, 0.2) is 75.4 Å².